The SMILES string of the molecule is CNC(Cn1cncn1)C1CCCCC1. The second-order valence-corrected chi connectivity index (χ2v) is 4.41. The minimum atomic E-state index is 0.548. The summed E-state index contributed by atoms with van der Waals surface area (Å²) in [5.74, 6) is 0.813. The molecule has 1 fully saturated rings. The number of likely N-dealkylation sites (N-methyl/N-ethyl adjacent to an activating group) is 1. The number of hydrogen-bond acceptors (Lipinski definition) is 3. The van der Waals surface area contributed by atoms with Gasteiger partial charge in [-0.3, -0.25) is 4.68 Å². The maximum Gasteiger partial charge on any atom is 0.137 e. The molecule has 84 valence electrons. The number of aromatic nitrogens is 3. The molecule has 0 amide bonds. The summed E-state index contributed by atoms with van der Waals surface area (Å²) >= 11 is 0. The molecule has 1 aromatic rings. The topological polar surface area (TPSA) is 42.7 Å². The summed E-state index contributed by atoms with van der Waals surface area (Å²) in [4.78, 5) is 3.98. The second kappa shape index (κ2) is 5.26. The molecule has 4 heteroatoms. The van der Waals surface area contributed by atoms with Crippen LogP contribution in [0.5, 0.6) is 0 Å². The van der Waals surface area contributed by atoms with E-state index in [1.165, 1.54) is 32.1 Å². The summed E-state index contributed by atoms with van der Waals surface area (Å²) in [5, 5.41) is 7.59. The average Bonchev–Trinajstić information content (AvgIpc) is 2.80. The number of nitrogens with zero attached hydrogens (tertiary/aromatic N) is 3. The summed E-state index contributed by atoms with van der Waals surface area (Å²) < 4.78 is 1.93. The van der Waals surface area contributed by atoms with Crippen LogP contribution in [0.25, 0.3) is 0 Å². The molecular weight excluding hydrogens is 188 g/mol. The predicted molar refractivity (Wildman–Crippen MR) is 59.4 cm³/mol. The van der Waals surface area contributed by atoms with Gasteiger partial charge >= 0.3 is 0 Å². The van der Waals surface area contributed by atoms with Crippen LogP contribution in [-0.2, 0) is 6.54 Å². The van der Waals surface area contributed by atoms with E-state index in [1.807, 2.05) is 4.68 Å². The lowest BCUT2D eigenvalue weighted by Crippen LogP contribution is -2.38. The molecule has 0 radical (unpaired) electrons. The minimum absolute atomic E-state index is 0.548. The van der Waals surface area contributed by atoms with Crippen molar-refractivity contribution in [3.05, 3.63) is 12.7 Å². The van der Waals surface area contributed by atoms with Gasteiger partial charge in [0.05, 0.1) is 6.54 Å². The van der Waals surface area contributed by atoms with Crippen LogP contribution in [0, 0.1) is 5.92 Å². The lowest BCUT2D eigenvalue weighted by atomic mass is 9.84. The van der Waals surface area contributed by atoms with Crippen LogP contribution in [-0.4, -0.2) is 27.9 Å². The van der Waals surface area contributed by atoms with E-state index in [1.54, 1.807) is 12.7 Å². The van der Waals surface area contributed by atoms with Gasteiger partial charge in [-0.25, -0.2) is 4.98 Å². The van der Waals surface area contributed by atoms with Crippen LogP contribution in [0.3, 0.4) is 0 Å². The lowest BCUT2D eigenvalue weighted by molar-refractivity contribution is 0.252. The summed E-state index contributed by atoms with van der Waals surface area (Å²) in [7, 11) is 2.05. The first kappa shape index (κ1) is 10.6. The molecule has 1 heterocycles. The first-order chi connectivity index (χ1) is 7.40. The maximum atomic E-state index is 4.16. The van der Waals surface area contributed by atoms with Crippen molar-refractivity contribution in [3.63, 3.8) is 0 Å². The van der Waals surface area contributed by atoms with Crippen LogP contribution in [0.2, 0.25) is 0 Å². The van der Waals surface area contributed by atoms with E-state index in [0.29, 0.717) is 6.04 Å². The summed E-state index contributed by atoms with van der Waals surface area (Å²) in [6.45, 7) is 0.946. The zero-order chi connectivity index (χ0) is 10.5. The van der Waals surface area contributed by atoms with Crippen molar-refractivity contribution < 1.29 is 0 Å². The first-order valence-electron chi connectivity index (χ1n) is 5.90. The van der Waals surface area contributed by atoms with Gasteiger partial charge in [-0.2, -0.15) is 5.10 Å². The molecular formula is C11H20N4. The van der Waals surface area contributed by atoms with Crippen molar-refractivity contribution in [1.29, 1.82) is 0 Å². The van der Waals surface area contributed by atoms with E-state index in [9.17, 15) is 0 Å². The fourth-order valence-corrected chi connectivity index (χ4v) is 2.54. The Morgan fingerprint density at radius 2 is 2.20 bits per heavy atom. The predicted octanol–water partition coefficient (Wildman–Crippen LogP) is 1.45. The van der Waals surface area contributed by atoms with Crippen molar-refractivity contribution in [2.45, 2.75) is 44.7 Å². The van der Waals surface area contributed by atoms with Crippen molar-refractivity contribution >= 4 is 0 Å². The maximum absolute atomic E-state index is 4.16. The third-order valence-electron chi connectivity index (χ3n) is 3.44. The number of nitrogens with one attached hydrogen (secondary N) is 1. The Morgan fingerprint density at radius 1 is 1.40 bits per heavy atom. The highest BCUT2D eigenvalue weighted by Crippen LogP contribution is 2.26. The zero-order valence-corrected chi connectivity index (χ0v) is 9.39. The summed E-state index contributed by atoms with van der Waals surface area (Å²) in [6, 6.07) is 0.548. The fraction of sp³-hybridized carbons (Fsp3) is 0.818. The third-order valence-corrected chi connectivity index (χ3v) is 3.44. The average molecular weight is 208 g/mol. The molecule has 0 spiro atoms. The molecule has 15 heavy (non-hydrogen) atoms. The Hall–Kier alpha value is -0.900. The van der Waals surface area contributed by atoms with Gasteiger partial charge in [0, 0.05) is 6.04 Å². The van der Waals surface area contributed by atoms with E-state index in [-0.39, 0.29) is 0 Å². The van der Waals surface area contributed by atoms with E-state index in [0.717, 1.165) is 12.5 Å². The van der Waals surface area contributed by atoms with Crippen molar-refractivity contribution in [2.75, 3.05) is 7.05 Å². The number of hydrogen-bond donors (Lipinski definition) is 1. The summed E-state index contributed by atoms with van der Waals surface area (Å²) in [6.07, 6.45) is 10.3. The molecule has 1 N–H and O–H groups in total. The molecule has 1 atom stereocenters. The van der Waals surface area contributed by atoms with Crippen LogP contribution < -0.4 is 5.32 Å². The largest absolute Gasteiger partial charge is 0.315 e. The molecule has 1 aliphatic carbocycles. The van der Waals surface area contributed by atoms with Crippen molar-refractivity contribution in [2.24, 2.45) is 5.92 Å². The normalized spacial score (nSPS) is 20.3. The molecule has 1 aliphatic rings. The standard InChI is InChI=1S/C11H20N4/c1-12-11(7-15-9-13-8-14-15)10-5-3-2-4-6-10/h8-12H,2-7H2,1H3. The van der Waals surface area contributed by atoms with E-state index in [4.69, 9.17) is 0 Å². The number of rotatable bonds is 4. The van der Waals surface area contributed by atoms with Crippen molar-refractivity contribution in [3.8, 4) is 0 Å². The van der Waals surface area contributed by atoms with Gasteiger partial charge in [0.1, 0.15) is 12.7 Å². The molecule has 0 saturated heterocycles. The monoisotopic (exact) mass is 208 g/mol. The van der Waals surface area contributed by atoms with Gasteiger partial charge in [0.2, 0.25) is 0 Å². The van der Waals surface area contributed by atoms with Gasteiger partial charge < -0.3 is 5.32 Å². The zero-order valence-electron chi connectivity index (χ0n) is 9.39. The van der Waals surface area contributed by atoms with Crippen LogP contribution in [0.15, 0.2) is 12.7 Å². The van der Waals surface area contributed by atoms with E-state index < -0.39 is 0 Å². The molecule has 1 saturated carbocycles. The Balaban J connectivity index is 1.91. The van der Waals surface area contributed by atoms with Crippen molar-refractivity contribution in [1.82, 2.24) is 20.1 Å². The molecule has 4 nitrogen and oxygen atoms in total. The van der Waals surface area contributed by atoms with Crippen LogP contribution in [0.1, 0.15) is 32.1 Å². The highest BCUT2D eigenvalue weighted by molar-refractivity contribution is 4.78. The van der Waals surface area contributed by atoms with Gasteiger partial charge in [-0.05, 0) is 25.8 Å². The van der Waals surface area contributed by atoms with Gasteiger partial charge in [0.25, 0.3) is 0 Å². The first-order valence-corrected chi connectivity index (χ1v) is 5.90. The quantitative estimate of drug-likeness (QED) is 0.814. The van der Waals surface area contributed by atoms with Gasteiger partial charge in [-0.1, -0.05) is 19.3 Å². The Morgan fingerprint density at radius 3 is 2.80 bits per heavy atom. The molecule has 1 aromatic heterocycles. The Bertz CT molecular complexity index is 264. The Kier molecular flexibility index (Phi) is 3.72. The summed E-state index contributed by atoms with van der Waals surface area (Å²) in [5.41, 5.74) is 0. The highest BCUT2D eigenvalue weighted by atomic mass is 15.3. The third kappa shape index (κ3) is 2.78. The molecule has 2 rings (SSSR count). The molecule has 1 unspecified atom stereocenters. The Labute approximate surface area is 91.1 Å². The van der Waals surface area contributed by atoms with E-state index in [2.05, 4.69) is 22.4 Å². The molecule has 0 aliphatic heterocycles. The minimum Gasteiger partial charge on any atom is -0.315 e. The van der Waals surface area contributed by atoms with Gasteiger partial charge in [-0.15, -0.1) is 0 Å². The fourth-order valence-electron chi connectivity index (χ4n) is 2.54. The smallest absolute Gasteiger partial charge is 0.137 e. The lowest BCUT2D eigenvalue weighted by Gasteiger charge is -2.29. The second-order valence-electron chi connectivity index (χ2n) is 4.41. The van der Waals surface area contributed by atoms with Gasteiger partial charge in [0.15, 0.2) is 0 Å². The molecule has 0 aromatic carbocycles. The van der Waals surface area contributed by atoms with Crippen LogP contribution >= 0.6 is 0 Å². The highest BCUT2D eigenvalue weighted by Gasteiger charge is 2.22. The molecule has 0 bridgehead atoms. The van der Waals surface area contributed by atoms with E-state index >= 15 is 0 Å². The van der Waals surface area contributed by atoms with Crippen LogP contribution in [0.4, 0.5) is 0 Å².